The van der Waals surface area contributed by atoms with Crippen LogP contribution in [0.5, 0.6) is 11.5 Å². The smallest absolute Gasteiger partial charge is 0.254 e. The highest BCUT2D eigenvalue weighted by molar-refractivity contribution is 6.03. The summed E-state index contributed by atoms with van der Waals surface area (Å²) in [6, 6.07) is 17.1. The lowest BCUT2D eigenvalue weighted by Gasteiger charge is -2.32. The van der Waals surface area contributed by atoms with Crippen molar-refractivity contribution in [3.05, 3.63) is 72.4 Å². The first-order valence-corrected chi connectivity index (χ1v) is 10.4. The molecule has 160 valence electrons. The number of nitrogen functional groups attached to an aromatic ring is 1. The van der Waals surface area contributed by atoms with E-state index < -0.39 is 5.91 Å². The number of carbonyl (C=O) groups is 1. The Morgan fingerprint density at radius 2 is 1.84 bits per heavy atom. The van der Waals surface area contributed by atoms with Crippen molar-refractivity contribution in [3.63, 3.8) is 0 Å². The summed E-state index contributed by atoms with van der Waals surface area (Å²) in [6.45, 7) is 3.79. The van der Waals surface area contributed by atoms with Crippen molar-refractivity contribution in [2.75, 3.05) is 18.8 Å². The molecule has 1 amide bonds. The fourth-order valence-electron chi connectivity index (χ4n) is 4.01. The largest absolute Gasteiger partial charge is 0.457 e. The summed E-state index contributed by atoms with van der Waals surface area (Å²) in [4.78, 5) is 14.5. The normalized spacial score (nSPS) is 16.5. The lowest BCUT2D eigenvalue weighted by atomic mass is 10.1. The highest BCUT2D eigenvalue weighted by atomic mass is 16.5. The Morgan fingerprint density at radius 1 is 1.13 bits per heavy atom. The molecule has 0 saturated carbocycles. The molecule has 0 spiro atoms. The Kier molecular flexibility index (Phi) is 5.93. The second-order valence-corrected chi connectivity index (χ2v) is 7.63. The van der Waals surface area contributed by atoms with Gasteiger partial charge < -0.3 is 21.1 Å². The lowest BCUT2D eigenvalue weighted by molar-refractivity contribution is 0.100. The first-order valence-electron chi connectivity index (χ1n) is 10.4. The molecule has 0 bridgehead atoms. The number of benzene rings is 2. The van der Waals surface area contributed by atoms with Crippen molar-refractivity contribution >= 4 is 11.7 Å². The molecular weight excluding hydrogens is 390 g/mol. The predicted octanol–water partition coefficient (Wildman–Crippen LogP) is 4.19. The van der Waals surface area contributed by atoms with Gasteiger partial charge in [0.2, 0.25) is 0 Å². The monoisotopic (exact) mass is 417 g/mol. The molecule has 2 aromatic carbocycles. The first-order chi connectivity index (χ1) is 15.1. The van der Waals surface area contributed by atoms with Crippen molar-refractivity contribution in [2.24, 2.45) is 5.73 Å². The second-order valence-electron chi connectivity index (χ2n) is 7.63. The van der Waals surface area contributed by atoms with E-state index in [0.29, 0.717) is 17.3 Å². The quantitative estimate of drug-likeness (QED) is 0.626. The topological polar surface area (TPSA) is 99.4 Å². The van der Waals surface area contributed by atoms with E-state index in [-0.39, 0.29) is 11.6 Å². The number of anilines is 1. The van der Waals surface area contributed by atoms with Gasteiger partial charge in [-0.25, -0.2) is 4.68 Å². The number of hydrogen-bond acceptors (Lipinski definition) is 5. The van der Waals surface area contributed by atoms with E-state index >= 15 is 0 Å². The molecule has 0 aliphatic carbocycles. The van der Waals surface area contributed by atoms with Gasteiger partial charge in [-0.2, -0.15) is 5.10 Å². The highest BCUT2D eigenvalue weighted by Gasteiger charge is 2.27. The van der Waals surface area contributed by atoms with Gasteiger partial charge in [-0.05, 0) is 62.4 Å². The molecule has 1 atom stereocenters. The number of ether oxygens (including phenoxy) is 1. The Hall–Kier alpha value is -3.74. The molecule has 1 saturated heterocycles. The molecule has 1 aliphatic heterocycles. The van der Waals surface area contributed by atoms with E-state index in [1.54, 1.807) is 4.68 Å². The van der Waals surface area contributed by atoms with Gasteiger partial charge in [-0.1, -0.05) is 24.3 Å². The minimum atomic E-state index is -0.579. The van der Waals surface area contributed by atoms with Gasteiger partial charge in [-0.15, -0.1) is 0 Å². The summed E-state index contributed by atoms with van der Waals surface area (Å²) in [5.41, 5.74) is 13.6. The molecular formula is C24H27N5O2. The van der Waals surface area contributed by atoms with Crippen molar-refractivity contribution in [1.29, 1.82) is 0 Å². The molecule has 1 aromatic heterocycles. The van der Waals surface area contributed by atoms with E-state index in [1.807, 2.05) is 67.6 Å². The third-order valence-corrected chi connectivity index (χ3v) is 5.43. The van der Waals surface area contributed by atoms with Crippen molar-refractivity contribution in [2.45, 2.75) is 25.8 Å². The van der Waals surface area contributed by atoms with Gasteiger partial charge in [0, 0.05) is 18.7 Å². The van der Waals surface area contributed by atoms with Crippen LogP contribution in [0.3, 0.4) is 0 Å². The molecule has 3 aromatic rings. The Balaban J connectivity index is 1.63. The highest BCUT2D eigenvalue weighted by Crippen LogP contribution is 2.33. The lowest BCUT2D eigenvalue weighted by Crippen LogP contribution is -2.34. The van der Waals surface area contributed by atoms with E-state index in [4.69, 9.17) is 21.3 Å². The number of allylic oxidation sites excluding steroid dienone is 1. The molecule has 2 heterocycles. The molecule has 7 nitrogen and oxygen atoms in total. The number of piperidine rings is 1. The third-order valence-electron chi connectivity index (χ3n) is 5.43. The van der Waals surface area contributed by atoms with Gasteiger partial charge in [0.1, 0.15) is 28.6 Å². The number of rotatable bonds is 6. The maximum atomic E-state index is 12.2. The molecule has 4 rings (SSSR count). The van der Waals surface area contributed by atoms with Crippen molar-refractivity contribution in [3.8, 4) is 22.8 Å². The number of likely N-dealkylation sites (tertiary alicyclic amines) is 1. The van der Waals surface area contributed by atoms with Gasteiger partial charge in [0.15, 0.2) is 0 Å². The minimum absolute atomic E-state index is 0.0810. The van der Waals surface area contributed by atoms with Crippen molar-refractivity contribution < 1.29 is 9.53 Å². The molecule has 1 aliphatic rings. The molecule has 0 unspecified atom stereocenters. The van der Waals surface area contributed by atoms with Crippen LogP contribution in [0.25, 0.3) is 11.3 Å². The number of nitrogens with two attached hydrogens (primary N) is 2. The van der Waals surface area contributed by atoms with Crippen LogP contribution in [0.2, 0.25) is 0 Å². The van der Waals surface area contributed by atoms with Crippen LogP contribution in [0.1, 0.15) is 36.2 Å². The van der Waals surface area contributed by atoms with Crippen LogP contribution >= 0.6 is 0 Å². The summed E-state index contributed by atoms with van der Waals surface area (Å²) in [5.74, 6) is 1.19. The average Bonchev–Trinajstić information content (AvgIpc) is 3.13. The number of carbonyl (C=O) groups excluding carboxylic acids is 1. The summed E-state index contributed by atoms with van der Waals surface area (Å²) in [7, 11) is 0. The van der Waals surface area contributed by atoms with Gasteiger partial charge in [0.25, 0.3) is 5.91 Å². The van der Waals surface area contributed by atoms with Crippen LogP contribution in [-0.4, -0.2) is 33.7 Å². The van der Waals surface area contributed by atoms with Crippen LogP contribution in [0.15, 0.2) is 66.9 Å². The zero-order valence-electron chi connectivity index (χ0n) is 17.6. The standard InChI is InChI=1S/C24H27N5O2/c1-2-14-28-15-6-7-18(16-28)29-23(25)21(24(26)30)22(27-29)17-10-12-20(13-11-17)31-19-8-4-3-5-9-19/h2-5,8-14,18H,6-7,15-16,25H2,1H3,(H2,26,30)/t18-/m0/s1. The summed E-state index contributed by atoms with van der Waals surface area (Å²) in [6.07, 6.45) is 6.07. The Morgan fingerprint density at radius 3 is 2.52 bits per heavy atom. The minimum Gasteiger partial charge on any atom is -0.457 e. The number of para-hydroxylation sites is 1. The predicted molar refractivity (Wildman–Crippen MR) is 122 cm³/mol. The number of amides is 1. The maximum absolute atomic E-state index is 12.2. The summed E-state index contributed by atoms with van der Waals surface area (Å²) < 4.78 is 7.62. The zero-order chi connectivity index (χ0) is 21.8. The molecule has 4 N–H and O–H groups in total. The molecule has 1 fully saturated rings. The fraction of sp³-hybridized carbons (Fsp3) is 0.250. The SMILES string of the molecule is CC=CN1CCC[C@H](n2nc(-c3ccc(Oc4ccccc4)cc3)c(C(N)=O)c2N)C1. The maximum Gasteiger partial charge on any atom is 0.254 e. The number of hydrogen-bond donors (Lipinski definition) is 2. The number of primary amides is 1. The Bertz CT molecular complexity index is 1070. The summed E-state index contributed by atoms with van der Waals surface area (Å²) >= 11 is 0. The number of nitrogens with zero attached hydrogens (tertiary/aromatic N) is 3. The van der Waals surface area contributed by atoms with Crippen molar-refractivity contribution in [1.82, 2.24) is 14.7 Å². The zero-order valence-corrected chi connectivity index (χ0v) is 17.6. The fourth-order valence-corrected chi connectivity index (χ4v) is 4.01. The van der Waals surface area contributed by atoms with Crippen LogP contribution in [0, 0.1) is 0 Å². The summed E-state index contributed by atoms with van der Waals surface area (Å²) in [5, 5.41) is 4.73. The van der Waals surface area contributed by atoms with E-state index in [0.717, 1.165) is 37.2 Å². The van der Waals surface area contributed by atoms with Crippen LogP contribution in [-0.2, 0) is 0 Å². The first kappa shape index (κ1) is 20.5. The van der Waals surface area contributed by atoms with E-state index in [2.05, 4.69) is 11.1 Å². The van der Waals surface area contributed by atoms with Gasteiger partial charge in [-0.3, -0.25) is 4.79 Å². The Labute approximate surface area is 181 Å². The van der Waals surface area contributed by atoms with Crippen LogP contribution < -0.4 is 16.2 Å². The third kappa shape index (κ3) is 4.40. The van der Waals surface area contributed by atoms with Gasteiger partial charge in [0.05, 0.1) is 6.04 Å². The number of aromatic nitrogens is 2. The second kappa shape index (κ2) is 8.95. The average molecular weight is 418 g/mol. The van der Waals surface area contributed by atoms with E-state index in [1.165, 1.54) is 0 Å². The van der Waals surface area contributed by atoms with Gasteiger partial charge >= 0.3 is 0 Å². The van der Waals surface area contributed by atoms with E-state index in [9.17, 15) is 4.79 Å². The van der Waals surface area contributed by atoms with Crippen LogP contribution in [0.4, 0.5) is 5.82 Å². The molecule has 31 heavy (non-hydrogen) atoms. The molecule has 0 radical (unpaired) electrons. The molecule has 7 heteroatoms.